The van der Waals surface area contributed by atoms with Gasteiger partial charge in [-0.1, -0.05) is 29.3 Å². The molecule has 6 heteroatoms. The summed E-state index contributed by atoms with van der Waals surface area (Å²) in [6, 6.07) is 5.05. The fraction of sp³-hybridized carbons (Fsp3) is 0.467. The second-order valence-electron chi connectivity index (χ2n) is 5.09. The van der Waals surface area contributed by atoms with Gasteiger partial charge in [-0.25, -0.2) is 0 Å². The highest BCUT2D eigenvalue weighted by atomic mass is 35.5. The van der Waals surface area contributed by atoms with Crippen LogP contribution < -0.4 is 0 Å². The zero-order chi connectivity index (χ0) is 16.0. The first-order valence-electron chi connectivity index (χ1n) is 6.76. The molecule has 4 nitrogen and oxygen atoms in total. The first-order chi connectivity index (χ1) is 9.81. The maximum absolute atomic E-state index is 12.4. The van der Waals surface area contributed by atoms with Crippen LogP contribution in [0.2, 0.25) is 10.0 Å². The molecule has 116 valence electrons. The van der Waals surface area contributed by atoms with Gasteiger partial charge in [0.15, 0.2) is 0 Å². The van der Waals surface area contributed by atoms with Gasteiger partial charge in [-0.2, -0.15) is 0 Å². The van der Waals surface area contributed by atoms with Gasteiger partial charge in [0.2, 0.25) is 5.91 Å². The van der Waals surface area contributed by atoms with E-state index in [9.17, 15) is 9.59 Å². The van der Waals surface area contributed by atoms with Crippen molar-refractivity contribution in [3.05, 3.63) is 33.8 Å². The van der Waals surface area contributed by atoms with E-state index in [1.807, 2.05) is 13.8 Å². The maximum Gasteiger partial charge on any atom is 0.303 e. The first kappa shape index (κ1) is 17.8. The highest BCUT2D eigenvalue weighted by molar-refractivity contribution is 6.35. The van der Waals surface area contributed by atoms with Crippen LogP contribution >= 0.6 is 23.2 Å². The van der Waals surface area contributed by atoms with Crippen LogP contribution in [0.3, 0.4) is 0 Å². The van der Waals surface area contributed by atoms with Gasteiger partial charge in [0.05, 0.1) is 6.42 Å². The van der Waals surface area contributed by atoms with Crippen LogP contribution in [0, 0.1) is 0 Å². The number of hydrogen-bond acceptors (Lipinski definition) is 2. The van der Waals surface area contributed by atoms with Crippen LogP contribution in [0.25, 0.3) is 0 Å². The highest BCUT2D eigenvalue weighted by Gasteiger charge is 2.18. The number of hydrogen-bond donors (Lipinski definition) is 1. The number of carboxylic acids is 1. The van der Waals surface area contributed by atoms with Gasteiger partial charge in [0.1, 0.15) is 0 Å². The normalized spacial score (nSPS) is 10.7. The molecule has 0 heterocycles. The smallest absolute Gasteiger partial charge is 0.303 e. The molecule has 0 aliphatic rings. The number of nitrogens with zero attached hydrogens (tertiary/aromatic N) is 1. The summed E-state index contributed by atoms with van der Waals surface area (Å²) in [4.78, 5) is 24.6. The Morgan fingerprint density at radius 2 is 1.95 bits per heavy atom. The number of carbonyl (C=O) groups excluding carboxylic acids is 1. The standard InChI is InChI=1S/C15H19Cl2NO3/c1-10(2)18(7-3-4-15(20)21)14(19)8-11-5-6-12(16)9-13(11)17/h5-6,9-10H,3-4,7-8H2,1-2H3,(H,20,21). The molecule has 1 aromatic carbocycles. The van der Waals surface area contributed by atoms with Gasteiger partial charge in [0, 0.05) is 29.1 Å². The molecule has 0 aliphatic carbocycles. The number of carbonyl (C=O) groups is 2. The van der Waals surface area contributed by atoms with Crippen LogP contribution in [-0.2, 0) is 16.0 Å². The quantitative estimate of drug-likeness (QED) is 0.829. The summed E-state index contributed by atoms with van der Waals surface area (Å²) in [7, 11) is 0. The van der Waals surface area contributed by atoms with Crippen molar-refractivity contribution in [1.29, 1.82) is 0 Å². The van der Waals surface area contributed by atoms with Gasteiger partial charge in [-0.05, 0) is 38.0 Å². The molecule has 0 saturated heterocycles. The predicted octanol–water partition coefficient (Wildman–Crippen LogP) is 3.64. The molecule has 0 aliphatic heterocycles. The maximum atomic E-state index is 12.4. The molecule has 0 radical (unpaired) electrons. The minimum atomic E-state index is -0.855. The molecule has 0 fully saturated rings. The molecule has 0 spiro atoms. The second-order valence-corrected chi connectivity index (χ2v) is 5.93. The van der Waals surface area contributed by atoms with E-state index in [0.29, 0.717) is 23.0 Å². The largest absolute Gasteiger partial charge is 0.481 e. The molecule has 0 saturated carbocycles. The van der Waals surface area contributed by atoms with Gasteiger partial charge in [-0.3, -0.25) is 9.59 Å². The Morgan fingerprint density at radius 1 is 1.29 bits per heavy atom. The predicted molar refractivity (Wildman–Crippen MR) is 83.9 cm³/mol. The third-order valence-electron chi connectivity index (χ3n) is 3.09. The molecule has 0 unspecified atom stereocenters. The summed E-state index contributed by atoms with van der Waals surface area (Å²) in [5.41, 5.74) is 0.718. The lowest BCUT2D eigenvalue weighted by atomic mass is 10.1. The molecule has 0 aromatic heterocycles. The summed E-state index contributed by atoms with van der Waals surface area (Å²) in [6.45, 7) is 4.23. The number of carboxylic acid groups (broad SMARTS) is 1. The zero-order valence-corrected chi connectivity index (χ0v) is 13.6. The molecule has 1 rings (SSSR count). The van der Waals surface area contributed by atoms with Crippen LogP contribution in [0.4, 0.5) is 0 Å². The summed E-state index contributed by atoms with van der Waals surface area (Å²) in [5.74, 6) is -0.925. The average Bonchev–Trinajstić information content (AvgIpc) is 2.37. The topological polar surface area (TPSA) is 57.6 Å². The molecular weight excluding hydrogens is 313 g/mol. The molecule has 21 heavy (non-hydrogen) atoms. The Labute approximate surface area is 134 Å². The Balaban J connectivity index is 2.70. The third kappa shape index (κ3) is 5.94. The van der Waals surface area contributed by atoms with E-state index in [1.165, 1.54) is 0 Å². The second kappa shape index (κ2) is 8.25. The lowest BCUT2D eigenvalue weighted by Crippen LogP contribution is -2.38. The van der Waals surface area contributed by atoms with Crippen molar-refractivity contribution in [3.8, 4) is 0 Å². The molecule has 1 N–H and O–H groups in total. The summed E-state index contributed by atoms with van der Waals surface area (Å²) in [5, 5.41) is 9.66. The number of halogens is 2. The summed E-state index contributed by atoms with van der Waals surface area (Å²) in [6.07, 6.45) is 0.674. The van der Waals surface area contributed by atoms with Crippen LogP contribution in [0.15, 0.2) is 18.2 Å². The van der Waals surface area contributed by atoms with Crippen molar-refractivity contribution in [3.63, 3.8) is 0 Å². The summed E-state index contributed by atoms with van der Waals surface area (Å²) >= 11 is 11.9. The molecule has 0 atom stereocenters. The monoisotopic (exact) mass is 331 g/mol. The highest BCUT2D eigenvalue weighted by Crippen LogP contribution is 2.22. The van der Waals surface area contributed by atoms with Crippen molar-refractivity contribution < 1.29 is 14.7 Å². The molecule has 0 bridgehead atoms. The third-order valence-corrected chi connectivity index (χ3v) is 3.68. The number of amides is 1. The molecular formula is C15H19Cl2NO3. The van der Waals surface area contributed by atoms with Crippen LogP contribution in [0.1, 0.15) is 32.3 Å². The number of benzene rings is 1. The Morgan fingerprint density at radius 3 is 2.48 bits per heavy atom. The van der Waals surface area contributed by atoms with E-state index in [1.54, 1.807) is 23.1 Å². The van der Waals surface area contributed by atoms with Gasteiger partial charge in [0.25, 0.3) is 0 Å². The number of rotatable bonds is 7. The van der Waals surface area contributed by atoms with Crippen molar-refractivity contribution in [2.45, 2.75) is 39.2 Å². The van der Waals surface area contributed by atoms with Crippen molar-refractivity contribution >= 4 is 35.1 Å². The van der Waals surface area contributed by atoms with E-state index in [2.05, 4.69) is 0 Å². The Hall–Kier alpha value is -1.26. The SMILES string of the molecule is CC(C)N(CCCC(=O)O)C(=O)Cc1ccc(Cl)cc1Cl. The van der Waals surface area contributed by atoms with Gasteiger partial charge >= 0.3 is 5.97 Å². The van der Waals surface area contributed by atoms with Crippen LogP contribution in [-0.4, -0.2) is 34.5 Å². The molecule has 1 aromatic rings. The van der Waals surface area contributed by atoms with Gasteiger partial charge in [-0.15, -0.1) is 0 Å². The van der Waals surface area contributed by atoms with E-state index in [4.69, 9.17) is 28.3 Å². The minimum Gasteiger partial charge on any atom is -0.481 e. The van der Waals surface area contributed by atoms with Crippen molar-refractivity contribution in [2.24, 2.45) is 0 Å². The molecule has 1 amide bonds. The lowest BCUT2D eigenvalue weighted by Gasteiger charge is -2.27. The Bertz CT molecular complexity index is 518. The first-order valence-corrected chi connectivity index (χ1v) is 7.52. The number of aliphatic carboxylic acids is 1. The fourth-order valence-corrected chi connectivity index (χ4v) is 2.48. The van der Waals surface area contributed by atoms with E-state index in [-0.39, 0.29) is 24.8 Å². The van der Waals surface area contributed by atoms with Crippen LogP contribution in [0.5, 0.6) is 0 Å². The Kier molecular flexibility index (Phi) is 6.99. The van der Waals surface area contributed by atoms with E-state index < -0.39 is 5.97 Å². The van der Waals surface area contributed by atoms with Gasteiger partial charge < -0.3 is 10.0 Å². The van der Waals surface area contributed by atoms with Crippen molar-refractivity contribution in [1.82, 2.24) is 4.90 Å². The van der Waals surface area contributed by atoms with E-state index in [0.717, 1.165) is 5.56 Å². The average molecular weight is 332 g/mol. The fourth-order valence-electron chi connectivity index (χ4n) is 2.00. The minimum absolute atomic E-state index is 0.0115. The summed E-state index contributed by atoms with van der Waals surface area (Å²) < 4.78 is 0. The van der Waals surface area contributed by atoms with E-state index >= 15 is 0 Å². The lowest BCUT2D eigenvalue weighted by molar-refractivity contribution is -0.138. The van der Waals surface area contributed by atoms with Crippen molar-refractivity contribution in [2.75, 3.05) is 6.54 Å². The zero-order valence-electron chi connectivity index (χ0n) is 12.1.